The molecule has 10 nitrogen and oxygen atoms in total. The normalized spacial score (nSPS) is 13.4. The van der Waals surface area contributed by atoms with E-state index in [1.807, 2.05) is 50.1 Å². The highest BCUT2D eigenvalue weighted by Crippen LogP contribution is 2.37. The van der Waals surface area contributed by atoms with Crippen molar-refractivity contribution in [2.24, 2.45) is 4.99 Å². The van der Waals surface area contributed by atoms with E-state index < -0.39 is 22.4 Å². The number of anilines is 2. The molecule has 0 bridgehead atoms. The SMILES string of the molecule is CCOC(=O)c1nc(N(C)c2cc(C)c(N=c3sc4ccccc4n3COCC[Si](C)(C)C)nn2)sc1/C=C(\C)CO[Si](C)(C)C(C)(C)C. The number of carbonyl (C=O) groups excluding carboxylic acids is 1. The first-order valence-corrected chi connectivity index (χ1v) is 24.9. The van der Waals surface area contributed by atoms with Crippen LogP contribution in [0, 0.1) is 6.92 Å². The van der Waals surface area contributed by atoms with E-state index in [2.05, 4.69) is 80.4 Å². The van der Waals surface area contributed by atoms with Gasteiger partial charge in [-0.15, -0.1) is 10.2 Å². The zero-order valence-electron chi connectivity index (χ0n) is 31.1. The Balaban J connectivity index is 1.62. The molecule has 0 amide bonds. The van der Waals surface area contributed by atoms with Crippen LogP contribution in [-0.2, 0) is 20.6 Å². The molecule has 0 aliphatic carbocycles. The Morgan fingerprint density at radius 1 is 1.10 bits per heavy atom. The molecule has 49 heavy (non-hydrogen) atoms. The average Bonchev–Trinajstić information content (AvgIpc) is 3.59. The number of benzene rings is 1. The third-order valence-corrected chi connectivity index (χ3v) is 16.9. The topological polar surface area (TPSA) is 104 Å². The Hall–Kier alpha value is -3.02. The van der Waals surface area contributed by atoms with Gasteiger partial charge < -0.3 is 18.8 Å². The van der Waals surface area contributed by atoms with Gasteiger partial charge in [-0.1, -0.05) is 75.2 Å². The number of fused-ring (bicyclic) bond motifs is 1. The van der Waals surface area contributed by atoms with Crippen molar-refractivity contribution in [3.05, 3.63) is 56.8 Å². The molecule has 0 fully saturated rings. The number of thiazole rings is 2. The van der Waals surface area contributed by atoms with E-state index >= 15 is 0 Å². The molecular weight excluding hydrogens is 689 g/mol. The zero-order valence-corrected chi connectivity index (χ0v) is 34.8. The summed E-state index contributed by atoms with van der Waals surface area (Å²) in [7, 11) is -1.26. The molecule has 0 saturated carbocycles. The number of esters is 1. The predicted molar refractivity (Wildman–Crippen MR) is 209 cm³/mol. The van der Waals surface area contributed by atoms with E-state index in [0.717, 1.165) is 38.8 Å². The lowest BCUT2D eigenvalue weighted by Gasteiger charge is -2.36. The second-order valence-corrected chi connectivity index (χ2v) is 27.4. The molecule has 3 aromatic heterocycles. The van der Waals surface area contributed by atoms with Crippen molar-refractivity contribution in [1.82, 2.24) is 19.7 Å². The van der Waals surface area contributed by atoms with Gasteiger partial charge in [0.2, 0.25) is 0 Å². The number of rotatable bonds is 14. The van der Waals surface area contributed by atoms with Crippen LogP contribution in [0.4, 0.5) is 16.8 Å². The quantitative estimate of drug-likeness (QED) is 0.0717. The Labute approximate surface area is 301 Å². The number of para-hydroxylation sites is 1. The van der Waals surface area contributed by atoms with Crippen molar-refractivity contribution in [2.75, 3.05) is 31.8 Å². The molecule has 4 aromatic rings. The molecule has 4 rings (SSSR count). The van der Waals surface area contributed by atoms with Crippen molar-refractivity contribution in [3.8, 4) is 0 Å². The molecule has 0 unspecified atom stereocenters. The molecule has 1 aromatic carbocycles. The summed E-state index contributed by atoms with van der Waals surface area (Å²) in [6, 6.07) is 11.3. The Kier molecular flexibility index (Phi) is 12.6. The van der Waals surface area contributed by atoms with Crippen molar-refractivity contribution in [2.45, 2.75) is 92.1 Å². The highest BCUT2D eigenvalue weighted by atomic mass is 32.1. The summed E-state index contributed by atoms with van der Waals surface area (Å²) in [5.74, 6) is 0.667. The second kappa shape index (κ2) is 15.9. The maximum Gasteiger partial charge on any atom is 0.358 e. The van der Waals surface area contributed by atoms with Crippen molar-refractivity contribution >= 4 is 78.1 Å². The first-order valence-electron chi connectivity index (χ1n) is 16.7. The maximum atomic E-state index is 13.0. The summed E-state index contributed by atoms with van der Waals surface area (Å²) in [6.45, 7) is 25.9. The van der Waals surface area contributed by atoms with Crippen LogP contribution in [-0.4, -0.2) is 69.0 Å². The van der Waals surface area contributed by atoms with Crippen LogP contribution in [0.5, 0.6) is 0 Å². The van der Waals surface area contributed by atoms with Gasteiger partial charge >= 0.3 is 5.97 Å². The van der Waals surface area contributed by atoms with Crippen molar-refractivity contribution < 1.29 is 18.7 Å². The molecule has 0 spiro atoms. The molecule has 0 aliphatic heterocycles. The van der Waals surface area contributed by atoms with Crippen LogP contribution in [0.1, 0.15) is 55.5 Å². The molecule has 0 N–H and O–H groups in total. The van der Waals surface area contributed by atoms with Crippen molar-refractivity contribution in [3.63, 3.8) is 0 Å². The largest absolute Gasteiger partial charge is 0.461 e. The standard InChI is InChI=1S/C35H52N6O4S2Si2/c1-13-44-32(42)30-28(20-24(2)22-45-49(11,12)35(4,5)6)47-33(36-30)40(7)29-21-25(3)31(39-38-29)37-34-41(23-43-18-19-48(8,9)10)26-16-14-15-17-27(26)46-34/h14-17,20-21H,13,18-19,22-23H2,1-12H3/b24-20+,37-34?. The van der Waals surface area contributed by atoms with Crippen LogP contribution in [0.25, 0.3) is 16.3 Å². The van der Waals surface area contributed by atoms with Gasteiger partial charge in [0.25, 0.3) is 0 Å². The number of carbonyl (C=O) groups is 1. The molecule has 0 saturated heterocycles. The van der Waals surface area contributed by atoms with Crippen LogP contribution in [0.15, 0.2) is 40.9 Å². The summed E-state index contributed by atoms with van der Waals surface area (Å²) in [5, 5.41) is 9.76. The molecule has 3 heterocycles. The van der Waals surface area contributed by atoms with Crippen LogP contribution in [0.2, 0.25) is 43.8 Å². The average molecular weight is 741 g/mol. The lowest BCUT2D eigenvalue weighted by atomic mass is 10.2. The lowest BCUT2D eigenvalue weighted by Crippen LogP contribution is -2.41. The number of nitrogens with zero attached hydrogens (tertiary/aromatic N) is 6. The van der Waals surface area contributed by atoms with E-state index in [1.54, 1.807) is 18.3 Å². The molecule has 0 atom stereocenters. The molecular formula is C35H52N6O4S2Si2. The smallest absolute Gasteiger partial charge is 0.358 e. The third kappa shape index (κ3) is 10.0. The number of aryl methyl sites for hydroxylation is 1. The molecule has 0 radical (unpaired) electrons. The molecule has 266 valence electrons. The highest BCUT2D eigenvalue weighted by Gasteiger charge is 2.37. The Morgan fingerprint density at radius 2 is 1.82 bits per heavy atom. The minimum atomic E-state index is -1.93. The number of aromatic nitrogens is 4. The zero-order chi connectivity index (χ0) is 36.1. The van der Waals surface area contributed by atoms with E-state index in [9.17, 15) is 4.79 Å². The van der Waals surface area contributed by atoms with E-state index in [0.29, 0.717) is 35.0 Å². The van der Waals surface area contributed by atoms with Crippen molar-refractivity contribution in [1.29, 1.82) is 0 Å². The Morgan fingerprint density at radius 3 is 2.47 bits per heavy atom. The van der Waals surface area contributed by atoms with Gasteiger partial charge in [-0.2, -0.15) is 4.99 Å². The minimum absolute atomic E-state index is 0.103. The maximum absolute atomic E-state index is 13.0. The highest BCUT2D eigenvalue weighted by molar-refractivity contribution is 7.17. The van der Waals surface area contributed by atoms with Crippen LogP contribution in [0.3, 0.4) is 0 Å². The van der Waals surface area contributed by atoms with E-state index in [-0.39, 0.29) is 17.3 Å². The van der Waals surface area contributed by atoms with Gasteiger partial charge in [0.1, 0.15) is 6.73 Å². The summed E-state index contributed by atoms with van der Waals surface area (Å²) < 4.78 is 21.1. The fourth-order valence-corrected chi connectivity index (χ4v) is 8.22. The van der Waals surface area contributed by atoms with Gasteiger partial charge in [-0.25, -0.2) is 9.78 Å². The molecule has 14 heteroatoms. The fourth-order valence-electron chi connectivity index (χ4n) is 4.38. The van der Waals surface area contributed by atoms with Gasteiger partial charge in [0.05, 0.1) is 28.3 Å². The number of ether oxygens (including phenoxy) is 2. The molecule has 0 aliphatic rings. The van der Waals surface area contributed by atoms with Gasteiger partial charge in [-0.05, 0) is 80.4 Å². The second-order valence-electron chi connectivity index (χ2n) is 15.0. The summed E-state index contributed by atoms with van der Waals surface area (Å²) >= 11 is 3.00. The third-order valence-electron chi connectivity index (χ3n) is 8.54. The van der Waals surface area contributed by atoms with E-state index in [4.69, 9.17) is 23.9 Å². The van der Waals surface area contributed by atoms with Gasteiger partial charge in [0, 0.05) is 21.7 Å². The lowest BCUT2D eigenvalue weighted by molar-refractivity contribution is 0.0520. The monoisotopic (exact) mass is 740 g/mol. The summed E-state index contributed by atoms with van der Waals surface area (Å²) in [6.07, 6.45) is 1.97. The number of hydrogen-bond acceptors (Lipinski definition) is 11. The Bertz CT molecular complexity index is 1870. The first kappa shape index (κ1) is 38.8. The first-order chi connectivity index (χ1) is 22.9. The van der Waals surface area contributed by atoms with Crippen LogP contribution < -0.4 is 9.70 Å². The summed E-state index contributed by atoms with van der Waals surface area (Å²) in [4.78, 5) is 26.0. The predicted octanol–water partition coefficient (Wildman–Crippen LogP) is 9.17. The fraction of sp³-hybridized carbons (Fsp3) is 0.514. The van der Waals surface area contributed by atoms with Gasteiger partial charge in [-0.3, -0.25) is 4.57 Å². The van der Waals surface area contributed by atoms with E-state index in [1.165, 1.54) is 11.3 Å². The van der Waals surface area contributed by atoms with Crippen LogP contribution >= 0.6 is 22.7 Å². The number of hydrogen-bond donors (Lipinski definition) is 0. The summed E-state index contributed by atoms with van der Waals surface area (Å²) in [5.41, 5.74) is 3.23. The van der Waals surface area contributed by atoms with Gasteiger partial charge in [0.15, 0.2) is 35.6 Å². The minimum Gasteiger partial charge on any atom is -0.461 e.